The minimum atomic E-state index is 0.822. The van der Waals surface area contributed by atoms with Crippen LogP contribution in [0.2, 0.25) is 0 Å². The zero-order valence-electron chi connectivity index (χ0n) is 20.4. The Morgan fingerprint density at radius 3 is 2.35 bits per heavy atom. The second-order valence-corrected chi connectivity index (χ2v) is 9.61. The van der Waals surface area contributed by atoms with E-state index in [-0.39, 0.29) is 0 Å². The molecule has 5 rings (SSSR count). The van der Waals surface area contributed by atoms with Crippen molar-refractivity contribution in [2.24, 2.45) is 0 Å². The first-order valence-electron chi connectivity index (χ1n) is 12.3. The van der Waals surface area contributed by atoms with Crippen molar-refractivity contribution in [1.29, 1.82) is 0 Å². The molecule has 0 atom stereocenters. The molecule has 0 spiro atoms. The van der Waals surface area contributed by atoms with Gasteiger partial charge in [0.1, 0.15) is 5.82 Å². The van der Waals surface area contributed by atoms with Gasteiger partial charge in [-0.15, -0.1) is 0 Å². The standard InChI is InChI=1S/C27H35N7/c1-31(2)14-15-32-16-18-34(19-17-32)27-24-21-33(20-22-6-4-3-5-7-22)13-10-25(24)29-26(30-27)23-8-11-28-12-9-23/h3-9,11-12H,10,13-21H2,1-2H3. The van der Waals surface area contributed by atoms with Crippen LogP contribution in [-0.4, -0.2) is 89.6 Å². The first-order chi connectivity index (χ1) is 16.7. The number of anilines is 1. The summed E-state index contributed by atoms with van der Waals surface area (Å²) in [6, 6.07) is 14.8. The fraction of sp³-hybridized carbons (Fsp3) is 0.444. The fourth-order valence-electron chi connectivity index (χ4n) is 4.85. The Hall–Kier alpha value is -2.87. The molecule has 1 aromatic carbocycles. The second kappa shape index (κ2) is 10.6. The average Bonchev–Trinajstić information content (AvgIpc) is 2.88. The van der Waals surface area contributed by atoms with Crippen molar-refractivity contribution in [2.45, 2.75) is 19.5 Å². The molecule has 1 fully saturated rings. The number of fused-ring (bicyclic) bond motifs is 1. The molecule has 1 saturated heterocycles. The summed E-state index contributed by atoms with van der Waals surface area (Å²) in [6.07, 6.45) is 4.60. The predicted octanol–water partition coefficient (Wildman–Crippen LogP) is 2.78. The van der Waals surface area contributed by atoms with Gasteiger partial charge in [-0.3, -0.25) is 14.8 Å². The molecule has 0 aliphatic carbocycles. The molecular weight excluding hydrogens is 422 g/mol. The molecule has 0 radical (unpaired) electrons. The predicted molar refractivity (Wildman–Crippen MR) is 137 cm³/mol. The quantitative estimate of drug-likeness (QED) is 0.541. The normalized spacial score (nSPS) is 17.2. The number of benzene rings is 1. The van der Waals surface area contributed by atoms with Gasteiger partial charge in [-0.1, -0.05) is 30.3 Å². The molecule has 0 unspecified atom stereocenters. The van der Waals surface area contributed by atoms with Gasteiger partial charge in [0, 0.05) is 88.8 Å². The summed E-state index contributed by atoms with van der Waals surface area (Å²) < 4.78 is 0. The molecule has 7 heteroatoms. The number of likely N-dealkylation sites (N-methyl/N-ethyl adjacent to an activating group) is 1. The molecule has 0 saturated carbocycles. The minimum absolute atomic E-state index is 0.822. The van der Waals surface area contributed by atoms with Crippen molar-refractivity contribution in [2.75, 3.05) is 64.8 Å². The van der Waals surface area contributed by atoms with E-state index < -0.39 is 0 Å². The van der Waals surface area contributed by atoms with Crippen molar-refractivity contribution < 1.29 is 0 Å². The first kappa shape index (κ1) is 22.9. The van der Waals surface area contributed by atoms with Crippen LogP contribution in [0.1, 0.15) is 16.8 Å². The van der Waals surface area contributed by atoms with Crippen LogP contribution < -0.4 is 4.90 Å². The maximum atomic E-state index is 5.15. The van der Waals surface area contributed by atoms with E-state index in [1.165, 1.54) is 16.8 Å². The number of pyridine rings is 1. The Bertz CT molecular complexity index is 1060. The maximum absolute atomic E-state index is 5.15. The Morgan fingerprint density at radius 1 is 0.853 bits per heavy atom. The average molecular weight is 458 g/mol. The number of hydrogen-bond acceptors (Lipinski definition) is 7. The van der Waals surface area contributed by atoms with Gasteiger partial charge in [-0.25, -0.2) is 9.97 Å². The Kier molecular flexibility index (Phi) is 7.13. The number of piperazine rings is 1. The molecule has 2 aliphatic rings. The zero-order chi connectivity index (χ0) is 23.3. The van der Waals surface area contributed by atoms with Crippen molar-refractivity contribution in [1.82, 2.24) is 29.7 Å². The summed E-state index contributed by atoms with van der Waals surface area (Å²) in [5.74, 6) is 1.95. The molecule has 0 N–H and O–H groups in total. The largest absolute Gasteiger partial charge is 0.354 e. The third-order valence-electron chi connectivity index (χ3n) is 6.84. The summed E-state index contributed by atoms with van der Waals surface area (Å²) in [5, 5.41) is 0. The van der Waals surface area contributed by atoms with Crippen LogP contribution in [0.15, 0.2) is 54.9 Å². The molecule has 2 aromatic heterocycles. The van der Waals surface area contributed by atoms with Crippen LogP contribution in [0.3, 0.4) is 0 Å². The first-order valence-corrected chi connectivity index (χ1v) is 12.3. The molecule has 0 amide bonds. The number of nitrogens with zero attached hydrogens (tertiary/aromatic N) is 7. The van der Waals surface area contributed by atoms with Gasteiger partial charge in [0.05, 0.1) is 5.69 Å². The summed E-state index contributed by atoms with van der Waals surface area (Å²) in [6.45, 7) is 9.26. The van der Waals surface area contributed by atoms with Crippen LogP contribution in [0.4, 0.5) is 5.82 Å². The van der Waals surface area contributed by atoms with E-state index in [0.717, 1.165) is 82.5 Å². The van der Waals surface area contributed by atoms with Gasteiger partial charge < -0.3 is 9.80 Å². The highest BCUT2D eigenvalue weighted by Gasteiger charge is 2.27. The van der Waals surface area contributed by atoms with Crippen molar-refractivity contribution in [3.05, 3.63) is 71.7 Å². The zero-order valence-corrected chi connectivity index (χ0v) is 20.4. The lowest BCUT2D eigenvalue weighted by molar-refractivity contribution is 0.226. The third-order valence-corrected chi connectivity index (χ3v) is 6.84. The van der Waals surface area contributed by atoms with Crippen LogP contribution in [0, 0.1) is 0 Å². The van der Waals surface area contributed by atoms with Crippen molar-refractivity contribution >= 4 is 5.82 Å². The van der Waals surface area contributed by atoms with Crippen LogP contribution in [0.5, 0.6) is 0 Å². The van der Waals surface area contributed by atoms with E-state index in [1.807, 2.05) is 24.5 Å². The number of rotatable bonds is 7. The van der Waals surface area contributed by atoms with Crippen molar-refractivity contribution in [3.8, 4) is 11.4 Å². The molecule has 34 heavy (non-hydrogen) atoms. The Balaban J connectivity index is 1.40. The maximum Gasteiger partial charge on any atom is 0.161 e. The summed E-state index contributed by atoms with van der Waals surface area (Å²) in [5.41, 5.74) is 4.91. The molecule has 4 heterocycles. The molecular formula is C27H35N7. The lowest BCUT2D eigenvalue weighted by Gasteiger charge is -2.38. The SMILES string of the molecule is CN(C)CCN1CCN(c2nc(-c3ccncc3)nc3c2CN(Cc2ccccc2)CC3)CC1. The van der Waals surface area contributed by atoms with E-state index in [9.17, 15) is 0 Å². The lowest BCUT2D eigenvalue weighted by Crippen LogP contribution is -2.49. The van der Waals surface area contributed by atoms with E-state index in [0.29, 0.717) is 0 Å². The van der Waals surface area contributed by atoms with Crippen LogP contribution >= 0.6 is 0 Å². The third kappa shape index (κ3) is 5.43. The highest BCUT2D eigenvalue weighted by molar-refractivity contribution is 5.61. The summed E-state index contributed by atoms with van der Waals surface area (Å²) >= 11 is 0. The van der Waals surface area contributed by atoms with Gasteiger partial charge in [0.15, 0.2) is 5.82 Å². The van der Waals surface area contributed by atoms with E-state index in [4.69, 9.17) is 9.97 Å². The lowest BCUT2D eigenvalue weighted by atomic mass is 10.0. The molecule has 0 bridgehead atoms. The second-order valence-electron chi connectivity index (χ2n) is 9.61. The van der Waals surface area contributed by atoms with Crippen LogP contribution in [-0.2, 0) is 19.5 Å². The van der Waals surface area contributed by atoms with Gasteiger partial charge >= 0.3 is 0 Å². The molecule has 7 nitrogen and oxygen atoms in total. The van der Waals surface area contributed by atoms with Crippen molar-refractivity contribution in [3.63, 3.8) is 0 Å². The summed E-state index contributed by atoms with van der Waals surface area (Å²) in [4.78, 5) is 24.2. The molecule has 178 valence electrons. The van der Waals surface area contributed by atoms with E-state index in [1.54, 1.807) is 0 Å². The fourth-order valence-corrected chi connectivity index (χ4v) is 4.85. The van der Waals surface area contributed by atoms with Gasteiger partial charge in [0.2, 0.25) is 0 Å². The molecule has 3 aromatic rings. The van der Waals surface area contributed by atoms with Crippen LogP contribution in [0.25, 0.3) is 11.4 Å². The molecule has 2 aliphatic heterocycles. The Morgan fingerprint density at radius 2 is 1.62 bits per heavy atom. The van der Waals surface area contributed by atoms with Gasteiger partial charge in [0.25, 0.3) is 0 Å². The number of hydrogen-bond donors (Lipinski definition) is 0. The van der Waals surface area contributed by atoms with E-state index >= 15 is 0 Å². The van der Waals surface area contributed by atoms with Gasteiger partial charge in [-0.05, 0) is 31.8 Å². The Labute approximate surface area is 203 Å². The number of aromatic nitrogens is 3. The highest BCUT2D eigenvalue weighted by atomic mass is 15.3. The van der Waals surface area contributed by atoms with E-state index in [2.05, 4.69) is 69.0 Å². The highest BCUT2D eigenvalue weighted by Crippen LogP contribution is 2.30. The smallest absolute Gasteiger partial charge is 0.161 e. The summed E-state index contributed by atoms with van der Waals surface area (Å²) in [7, 11) is 4.29. The monoisotopic (exact) mass is 457 g/mol. The minimum Gasteiger partial charge on any atom is -0.354 e. The van der Waals surface area contributed by atoms with Gasteiger partial charge in [-0.2, -0.15) is 0 Å². The topological polar surface area (TPSA) is 51.6 Å².